The normalized spacial score (nSPS) is 12.4. The number of alkyl halides is 6. The third-order valence-electron chi connectivity index (χ3n) is 3.75. The van der Waals surface area contributed by atoms with Crippen molar-refractivity contribution < 1.29 is 26.3 Å². The number of fused-ring (bicyclic) bond motifs is 1. The molecule has 1 heterocycles. The van der Waals surface area contributed by atoms with E-state index in [1.54, 1.807) is 24.3 Å². The van der Waals surface area contributed by atoms with Crippen molar-refractivity contribution in [3.05, 3.63) is 59.8 Å². The van der Waals surface area contributed by atoms with E-state index in [0.717, 1.165) is 6.07 Å². The molecule has 9 heteroatoms. The van der Waals surface area contributed by atoms with Crippen LogP contribution < -0.4 is 11.1 Å². The minimum atomic E-state index is -4.98. The lowest BCUT2D eigenvalue weighted by atomic mass is 10.1. The lowest BCUT2D eigenvalue weighted by Gasteiger charge is -2.17. The molecule has 0 amide bonds. The van der Waals surface area contributed by atoms with Crippen molar-refractivity contribution in [2.45, 2.75) is 12.4 Å². The molecule has 0 fully saturated rings. The van der Waals surface area contributed by atoms with E-state index < -0.39 is 29.2 Å². The van der Waals surface area contributed by atoms with E-state index in [-0.39, 0.29) is 11.9 Å². The van der Waals surface area contributed by atoms with Crippen molar-refractivity contribution in [1.82, 2.24) is 4.98 Å². The summed E-state index contributed by atoms with van der Waals surface area (Å²) in [6.07, 6.45) is -8.52. The maximum absolute atomic E-state index is 13.2. The van der Waals surface area contributed by atoms with E-state index in [4.69, 9.17) is 5.73 Å². The molecule has 0 atom stereocenters. The van der Waals surface area contributed by atoms with Gasteiger partial charge in [-0.05, 0) is 30.3 Å². The summed E-state index contributed by atoms with van der Waals surface area (Å²) in [5, 5.41) is 3.48. The number of nitrogen functional groups attached to an aromatic ring is 1. The molecule has 0 aliphatic carbocycles. The highest BCUT2D eigenvalue weighted by Crippen LogP contribution is 2.40. The molecule has 3 rings (SSSR count). The van der Waals surface area contributed by atoms with Crippen LogP contribution in [0.3, 0.4) is 0 Å². The van der Waals surface area contributed by atoms with Gasteiger partial charge in [-0.1, -0.05) is 12.1 Å². The van der Waals surface area contributed by atoms with Crippen LogP contribution in [0.25, 0.3) is 10.8 Å². The molecule has 1 aromatic heterocycles. The van der Waals surface area contributed by atoms with Gasteiger partial charge >= 0.3 is 12.4 Å². The van der Waals surface area contributed by atoms with E-state index in [9.17, 15) is 26.3 Å². The van der Waals surface area contributed by atoms with E-state index in [2.05, 4.69) is 10.3 Å². The smallest absolute Gasteiger partial charge is 0.398 e. The lowest BCUT2D eigenvalue weighted by Crippen LogP contribution is -2.13. The Morgan fingerprint density at radius 3 is 2.23 bits per heavy atom. The Balaban J connectivity index is 2.13. The Labute approximate surface area is 143 Å². The average Bonchev–Trinajstić information content (AvgIpc) is 2.54. The lowest BCUT2D eigenvalue weighted by molar-refractivity contribution is -0.142. The minimum Gasteiger partial charge on any atom is -0.398 e. The summed E-state index contributed by atoms with van der Waals surface area (Å²) in [4.78, 5) is 3.98. The van der Waals surface area contributed by atoms with Crippen molar-refractivity contribution >= 4 is 28.0 Å². The molecule has 3 nitrogen and oxygen atoms in total. The minimum absolute atomic E-state index is 0.0556. The van der Waals surface area contributed by atoms with Gasteiger partial charge in [0.1, 0.15) is 5.82 Å². The predicted octanol–water partition coefficient (Wildman–Crippen LogP) is 5.60. The SMILES string of the molecule is Nc1cccc2c(Nc3ccc(C(F)(F)F)cc3C(F)(F)F)nccc12. The second-order valence-electron chi connectivity index (χ2n) is 5.48. The van der Waals surface area contributed by atoms with E-state index >= 15 is 0 Å². The zero-order valence-electron chi connectivity index (χ0n) is 12.9. The number of nitrogens with one attached hydrogen (secondary N) is 1. The Bertz CT molecular complexity index is 963. The highest BCUT2D eigenvalue weighted by molar-refractivity contribution is 6.00. The Kier molecular flexibility index (Phi) is 4.17. The number of hydrogen-bond acceptors (Lipinski definition) is 3. The van der Waals surface area contributed by atoms with Gasteiger partial charge in [-0.15, -0.1) is 0 Å². The third kappa shape index (κ3) is 3.37. The molecule has 2 aromatic carbocycles. The molecule has 0 spiro atoms. The Morgan fingerprint density at radius 2 is 1.58 bits per heavy atom. The second kappa shape index (κ2) is 6.08. The number of rotatable bonds is 2. The van der Waals surface area contributed by atoms with Crippen molar-refractivity contribution in [2.24, 2.45) is 0 Å². The first-order valence-electron chi connectivity index (χ1n) is 7.26. The van der Waals surface area contributed by atoms with E-state index in [1.807, 2.05) is 0 Å². The summed E-state index contributed by atoms with van der Waals surface area (Å²) in [5.74, 6) is 0.0556. The Morgan fingerprint density at radius 1 is 0.846 bits per heavy atom. The maximum atomic E-state index is 13.2. The number of nitrogens with zero attached hydrogens (tertiary/aromatic N) is 1. The molecular formula is C17H11F6N3. The molecule has 3 N–H and O–H groups in total. The van der Waals surface area contributed by atoms with Crippen molar-refractivity contribution in [3.8, 4) is 0 Å². The van der Waals surface area contributed by atoms with Crippen LogP contribution in [0.15, 0.2) is 48.7 Å². The largest absolute Gasteiger partial charge is 0.418 e. The second-order valence-corrected chi connectivity index (χ2v) is 5.48. The molecule has 136 valence electrons. The number of anilines is 3. The molecule has 26 heavy (non-hydrogen) atoms. The van der Waals surface area contributed by atoms with Crippen molar-refractivity contribution in [2.75, 3.05) is 11.1 Å². The zero-order chi connectivity index (χ0) is 19.1. The van der Waals surface area contributed by atoms with Crippen LogP contribution in [0, 0.1) is 0 Å². The summed E-state index contributed by atoms with van der Waals surface area (Å²) in [6.45, 7) is 0. The first kappa shape index (κ1) is 17.8. The van der Waals surface area contributed by atoms with Crippen LogP contribution in [0.1, 0.15) is 11.1 Å². The highest BCUT2D eigenvalue weighted by Gasteiger charge is 2.38. The zero-order valence-corrected chi connectivity index (χ0v) is 12.9. The molecule has 0 radical (unpaired) electrons. The molecular weight excluding hydrogens is 360 g/mol. The maximum Gasteiger partial charge on any atom is 0.418 e. The van der Waals surface area contributed by atoms with Gasteiger partial charge in [0.05, 0.1) is 16.8 Å². The highest BCUT2D eigenvalue weighted by atomic mass is 19.4. The van der Waals surface area contributed by atoms with Gasteiger partial charge in [0, 0.05) is 22.7 Å². The van der Waals surface area contributed by atoms with Crippen molar-refractivity contribution in [1.29, 1.82) is 0 Å². The first-order chi connectivity index (χ1) is 12.1. The van der Waals surface area contributed by atoms with Crippen LogP contribution >= 0.6 is 0 Å². The van der Waals surface area contributed by atoms with Gasteiger partial charge in [0.15, 0.2) is 0 Å². The number of hydrogen-bond donors (Lipinski definition) is 2. The fourth-order valence-electron chi connectivity index (χ4n) is 2.52. The molecule has 0 saturated carbocycles. The number of halogens is 6. The fraction of sp³-hybridized carbons (Fsp3) is 0.118. The molecule has 0 saturated heterocycles. The third-order valence-corrected chi connectivity index (χ3v) is 3.75. The van der Waals surface area contributed by atoms with E-state index in [0.29, 0.717) is 22.5 Å². The summed E-state index contributed by atoms with van der Waals surface area (Å²) >= 11 is 0. The quantitative estimate of drug-likeness (QED) is 0.456. The molecule has 0 aliphatic rings. The van der Waals surface area contributed by atoms with Gasteiger partial charge < -0.3 is 11.1 Å². The standard InChI is InChI=1S/C17H11F6N3/c18-16(19,20)9-4-5-14(12(8-9)17(21,22)23)26-15-11-2-1-3-13(24)10(11)6-7-25-15/h1-8H,24H2,(H,25,26). The molecule has 3 aromatic rings. The Hall–Kier alpha value is -2.97. The summed E-state index contributed by atoms with van der Waals surface area (Å²) in [5.41, 5.74) is 2.87. The van der Waals surface area contributed by atoms with Crippen molar-refractivity contribution in [3.63, 3.8) is 0 Å². The fourth-order valence-corrected chi connectivity index (χ4v) is 2.52. The van der Waals surface area contributed by atoms with Crippen LogP contribution in [-0.2, 0) is 12.4 Å². The van der Waals surface area contributed by atoms with Crippen LogP contribution in [-0.4, -0.2) is 4.98 Å². The van der Waals surface area contributed by atoms with Gasteiger partial charge in [0.2, 0.25) is 0 Å². The van der Waals surface area contributed by atoms with E-state index in [1.165, 1.54) is 6.20 Å². The summed E-state index contributed by atoms with van der Waals surface area (Å²) in [6, 6.07) is 7.79. The molecule has 0 unspecified atom stereocenters. The van der Waals surface area contributed by atoms with Crippen LogP contribution in [0.5, 0.6) is 0 Å². The van der Waals surface area contributed by atoms with Crippen LogP contribution in [0.2, 0.25) is 0 Å². The topological polar surface area (TPSA) is 50.9 Å². The monoisotopic (exact) mass is 371 g/mol. The molecule has 0 bridgehead atoms. The van der Waals surface area contributed by atoms with Gasteiger partial charge in [-0.25, -0.2) is 4.98 Å². The summed E-state index contributed by atoms with van der Waals surface area (Å²) < 4.78 is 78.0. The number of aromatic nitrogens is 1. The number of pyridine rings is 1. The molecule has 0 aliphatic heterocycles. The number of benzene rings is 2. The predicted molar refractivity (Wildman–Crippen MR) is 85.9 cm³/mol. The van der Waals surface area contributed by atoms with Gasteiger partial charge in [-0.3, -0.25) is 0 Å². The first-order valence-corrected chi connectivity index (χ1v) is 7.26. The van der Waals surface area contributed by atoms with Gasteiger partial charge in [-0.2, -0.15) is 26.3 Å². The van der Waals surface area contributed by atoms with Gasteiger partial charge in [0.25, 0.3) is 0 Å². The average molecular weight is 371 g/mol. The number of nitrogens with two attached hydrogens (primary N) is 1. The van der Waals surface area contributed by atoms with Crippen LogP contribution in [0.4, 0.5) is 43.5 Å². The summed E-state index contributed by atoms with van der Waals surface area (Å²) in [7, 11) is 0.